The molecule has 0 unspecified atom stereocenters. The van der Waals surface area contributed by atoms with E-state index in [-0.39, 0.29) is 11.4 Å². The first-order valence-electron chi connectivity index (χ1n) is 7.88. The molecule has 0 atom stereocenters. The van der Waals surface area contributed by atoms with E-state index in [4.69, 9.17) is 0 Å². The van der Waals surface area contributed by atoms with Crippen LogP contribution < -0.4 is 4.72 Å². The van der Waals surface area contributed by atoms with Gasteiger partial charge in [-0.15, -0.1) is 0 Å². The second kappa shape index (κ2) is 6.37. The van der Waals surface area contributed by atoms with Crippen molar-refractivity contribution < 1.29 is 8.42 Å². The van der Waals surface area contributed by atoms with Crippen LogP contribution in [-0.4, -0.2) is 18.0 Å². The minimum absolute atomic E-state index is 0.237. The minimum Gasteiger partial charge on any atom is -0.331 e. The van der Waals surface area contributed by atoms with Crippen LogP contribution in [0.3, 0.4) is 0 Å². The number of sulfonamides is 1. The van der Waals surface area contributed by atoms with Crippen molar-refractivity contribution in [3.8, 4) is 0 Å². The number of nitrogens with one attached hydrogen (secondary N) is 1. The van der Waals surface area contributed by atoms with E-state index in [1.54, 1.807) is 30.3 Å². The molecular formula is C18H21N3O2S. The number of aryl methyl sites for hydroxylation is 1. The van der Waals surface area contributed by atoms with Crippen LogP contribution in [0.15, 0.2) is 53.4 Å². The van der Waals surface area contributed by atoms with E-state index in [9.17, 15) is 8.42 Å². The Hall–Kier alpha value is -2.18. The standard InChI is InChI=1S/C18H21N3O2S/c1-13(2)18-20-16-11-14(9-10-17(16)21(18)3)12-19-24(22,23)15-7-5-4-6-8-15/h4-11,13,19H,12H2,1-3H3. The molecule has 1 heterocycles. The Morgan fingerprint density at radius 2 is 1.83 bits per heavy atom. The summed E-state index contributed by atoms with van der Waals surface area (Å²) in [6, 6.07) is 14.2. The van der Waals surface area contributed by atoms with Crippen molar-refractivity contribution in [3.05, 3.63) is 59.9 Å². The third-order valence-corrected chi connectivity index (χ3v) is 5.43. The van der Waals surface area contributed by atoms with Crippen LogP contribution in [0.4, 0.5) is 0 Å². The zero-order valence-electron chi connectivity index (χ0n) is 14.0. The van der Waals surface area contributed by atoms with Gasteiger partial charge in [-0.05, 0) is 29.8 Å². The molecule has 24 heavy (non-hydrogen) atoms. The highest BCUT2D eigenvalue weighted by molar-refractivity contribution is 7.89. The SMILES string of the molecule is CC(C)c1nc2cc(CNS(=O)(=O)c3ccccc3)ccc2n1C. The number of imidazole rings is 1. The maximum atomic E-state index is 12.3. The lowest BCUT2D eigenvalue weighted by molar-refractivity contribution is 0.581. The Morgan fingerprint density at radius 3 is 2.50 bits per heavy atom. The summed E-state index contributed by atoms with van der Waals surface area (Å²) in [5, 5.41) is 0. The van der Waals surface area contributed by atoms with Crippen molar-refractivity contribution in [1.82, 2.24) is 14.3 Å². The van der Waals surface area contributed by atoms with Crippen molar-refractivity contribution in [3.63, 3.8) is 0 Å². The van der Waals surface area contributed by atoms with Gasteiger partial charge in [-0.2, -0.15) is 0 Å². The lowest BCUT2D eigenvalue weighted by Crippen LogP contribution is -2.23. The number of rotatable bonds is 5. The van der Waals surface area contributed by atoms with Crippen LogP contribution in [0.5, 0.6) is 0 Å². The third-order valence-electron chi connectivity index (χ3n) is 4.02. The van der Waals surface area contributed by atoms with Gasteiger partial charge in [-0.25, -0.2) is 18.1 Å². The van der Waals surface area contributed by atoms with Gasteiger partial charge in [0, 0.05) is 19.5 Å². The number of fused-ring (bicyclic) bond motifs is 1. The Balaban J connectivity index is 1.83. The largest absolute Gasteiger partial charge is 0.331 e. The maximum absolute atomic E-state index is 12.3. The van der Waals surface area contributed by atoms with Crippen LogP contribution in [0.25, 0.3) is 11.0 Å². The van der Waals surface area contributed by atoms with Gasteiger partial charge in [0.1, 0.15) is 5.82 Å². The molecule has 0 radical (unpaired) electrons. The summed E-state index contributed by atoms with van der Waals surface area (Å²) < 4.78 is 29.3. The van der Waals surface area contributed by atoms with Crippen molar-refractivity contribution in [2.24, 2.45) is 7.05 Å². The van der Waals surface area contributed by atoms with E-state index < -0.39 is 10.0 Å². The van der Waals surface area contributed by atoms with Gasteiger partial charge in [0.15, 0.2) is 0 Å². The summed E-state index contributed by atoms with van der Waals surface area (Å²) in [5.41, 5.74) is 2.82. The predicted molar refractivity (Wildman–Crippen MR) is 95.3 cm³/mol. The fourth-order valence-corrected chi connectivity index (χ4v) is 3.79. The number of benzene rings is 2. The lowest BCUT2D eigenvalue weighted by atomic mass is 10.2. The smallest absolute Gasteiger partial charge is 0.240 e. The van der Waals surface area contributed by atoms with E-state index in [2.05, 4.69) is 28.1 Å². The first-order chi connectivity index (χ1) is 11.4. The molecule has 0 saturated heterocycles. The average Bonchev–Trinajstić information content (AvgIpc) is 2.90. The number of hydrogen-bond donors (Lipinski definition) is 1. The van der Waals surface area contributed by atoms with E-state index in [1.807, 2.05) is 25.2 Å². The third kappa shape index (κ3) is 3.20. The van der Waals surface area contributed by atoms with E-state index >= 15 is 0 Å². The van der Waals surface area contributed by atoms with Crippen molar-refractivity contribution >= 4 is 21.1 Å². The normalized spacial score (nSPS) is 12.2. The predicted octanol–water partition coefficient (Wildman–Crippen LogP) is 3.18. The van der Waals surface area contributed by atoms with Crippen LogP contribution in [-0.2, 0) is 23.6 Å². The molecule has 0 spiro atoms. The summed E-state index contributed by atoms with van der Waals surface area (Å²) in [6.07, 6.45) is 0. The van der Waals surface area contributed by atoms with Gasteiger partial charge in [0.2, 0.25) is 10.0 Å². The van der Waals surface area contributed by atoms with Gasteiger partial charge in [-0.3, -0.25) is 0 Å². The first kappa shape index (κ1) is 16.7. The van der Waals surface area contributed by atoms with Crippen molar-refractivity contribution in [2.75, 3.05) is 0 Å². The van der Waals surface area contributed by atoms with Gasteiger partial charge in [-0.1, -0.05) is 38.1 Å². The quantitative estimate of drug-likeness (QED) is 0.774. The molecule has 0 bridgehead atoms. The van der Waals surface area contributed by atoms with E-state index in [0.29, 0.717) is 5.92 Å². The summed E-state index contributed by atoms with van der Waals surface area (Å²) in [5.74, 6) is 1.36. The molecule has 0 saturated carbocycles. The van der Waals surface area contributed by atoms with Gasteiger partial charge in [0.25, 0.3) is 0 Å². The maximum Gasteiger partial charge on any atom is 0.240 e. The number of nitrogens with zero attached hydrogens (tertiary/aromatic N) is 2. The van der Waals surface area contributed by atoms with Crippen molar-refractivity contribution in [2.45, 2.75) is 31.2 Å². The highest BCUT2D eigenvalue weighted by Crippen LogP contribution is 2.21. The van der Waals surface area contributed by atoms with E-state index in [1.165, 1.54) is 0 Å². The first-order valence-corrected chi connectivity index (χ1v) is 9.37. The van der Waals surface area contributed by atoms with Crippen molar-refractivity contribution in [1.29, 1.82) is 0 Å². The molecule has 3 rings (SSSR count). The Kier molecular flexibility index (Phi) is 4.43. The topological polar surface area (TPSA) is 64.0 Å². The summed E-state index contributed by atoms with van der Waals surface area (Å²) in [4.78, 5) is 4.93. The zero-order chi connectivity index (χ0) is 17.3. The Morgan fingerprint density at radius 1 is 1.12 bits per heavy atom. The molecular weight excluding hydrogens is 322 g/mol. The fraction of sp³-hybridized carbons (Fsp3) is 0.278. The molecule has 6 heteroatoms. The van der Waals surface area contributed by atoms with Crippen LogP contribution in [0, 0.1) is 0 Å². The lowest BCUT2D eigenvalue weighted by Gasteiger charge is -2.07. The number of aromatic nitrogens is 2. The van der Waals surface area contributed by atoms with Gasteiger partial charge in [0.05, 0.1) is 15.9 Å². The van der Waals surface area contributed by atoms with Gasteiger partial charge >= 0.3 is 0 Å². The molecule has 0 aliphatic carbocycles. The highest BCUT2D eigenvalue weighted by atomic mass is 32.2. The number of hydrogen-bond acceptors (Lipinski definition) is 3. The molecule has 2 aromatic carbocycles. The van der Waals surface area contributed by atoms with E-state index in [0.717, 1.165) is 22.4 Å². The van der Waals surface area contributed by atoms with Crippen LogP contribution >= 0.6 is 0 Å². The second-order valence-corrected chi connectivity index (χ2v) is 7.91. The molecule has 126 valence electrons. The molecule has 1 aromatic heterocycles. The fourth-order valence-electron chi connectivity index (χ4n) is 2.75. The average molecular weight is 343 g/mol. The Labute approximate surface area is 142 Å². The molecule has 0 amide bonds. The van der Waals surface area contributed by atoms with Crippen LogP contribution in [0.2, 0.25) is 0 Å². The monoisotopic (exact) mass is 343 g/mol. The molecule has 3 aromatic rings. The van der Waals surface area contributed by atoms with Gasteiger partial charge < -0.3 is 4.57 Å². The molecule has 0 aliphatic heterocycles. The zero-order valence-corrected chi connectivity index (χ0v) is 14.8. The second-order valence-electron chi connectivity index (χ2n) is 6.14. The molecule has 0 fully saturated rings. The Bertz CT molecular complexity index is 961. The molecule has 1 N–H and O–H groups in total. The highest BCUT2D eigenvalue weighted by Gasteiger charge is 2.14. The molecule has 5 nitrogen and oxygen atoms in total. The minimum atomic E-state index is -3.50. The summed E-state index contributed by atoms with van der Waals surface area (Å²) in [7, 11) is -1.50. The summed E-state index contributed by atoms with van der Waals surface area (Å²) >= 11 is 0. The molecule has 0 aliphatic rings. The summed E-state index contributed by atoms with van der Waals surface area (Å²) in [6.45, 7) is 4.45. The van der Waals surface area contributed by atoms with Crippen LogP contribution in [0.1, 0.15) is 31.2 Å².